The molecular formula is C10H15N3O2. The Morgan fingerprint density at radius 2 is 2.60 bits per heavy atom. The minimum Gasteiger partial charge on any atom is -0.491 e. The average Bonchev–Trinajstić information content (AvgIpc) is 2.79. The second-order valence-electron chi connectivity index (χ2n) is 3.47. The third-order valence-corrected chi connectivity index (χ3v) is 2.34. The lowest BCUT2D eigenvalue weighted by atomic mass is 10.2. The number of nitrogens with two attached hydrogens (primary N) is 1. The fourth-order valence-electron chi connectivity index (χ4n) is 1.54. The number of hydrazine groups is 1. The molecule has 1 aliphatic rings. The van der Waals surface area contributed by atoms with Crippen molar-refractivity contribution >= 4 is 5.82 Å². The van der Waals surface area contributed by atoms with Crippen LogP contribution in [0.25, 0.3) is 0 Å². The molecule has 3 N–H and O–H groups in total. The van der Waals surface area contributed by atoms with E-state index in [4.69, 9.17) is 15.3 Å². The molecule has 0 aromatic carbocycles. The summed E-state index contributed by atoms with van der Waals surface area (Å²) in [6, 6.07) is 3.56. The van der Waals surface area contributed by atoms with E-state index in [0.29, 0.717) is 12.4 Å². The Kier molecular flexibility index (Phi) is 3.37. The van der Waals surface area contributed by atoms with Gasteiger partial charge in [-0.3, -0.25) is 0 Å². The van der Waals surface area contributed by atoms with Gasteiger partial charge in [0.25, 0.3) is 0 Å². The lowest BCUT2D eigenvalue weighted by Crippen LogP contribution is -2.16. The van der Waals surface area contributed by atoms with Crippen LogP contribution in [0.15, 0.2) is 18.3 Å². The van der Waals surface area contributed by atoms with Crippen LogP contribution in [-0.4, -0.2) is 24.3 Å². The number of hydrogen-bond donors (Lipinski definition) is 2. The van der Waals surface area contributed by atoms with Crippen LogP contribution in [0.5, 0.6) is 5.75 Å². The van der Waals surface area contributed by atoms with Crippen molar-refractivity contribution in [1.82, 2.24) is 4.98 Å². The van der Waals surface area contributed by atoms with E-state index in [9.17, 15) is 0 Å². The predicted molar refractivity (Wildman–Crippen MR) is 56.5 cm³/mol. The number of pyridine rings is 1. The molecule has 0 amide bonds. The lowest BCUT2D eigenvalue weighted by Gasteiger charge is -2.11. The first-order valence-electron chi connectivity index (χ1n) is 5.05. The highest BCUT2D eigenvalue weighted by Gasteiger charge is 2.15. The van der Waals surface area contributed by atoms with Gasteiger partial charge in [-0.2, -0.15) is 0 Å². The summed E-state index contributed by atoms with van der Waals surface area (Å²) in [5.41, 5.74) is 2.47. The molecule has 1 saturated heterocycles. The van der Waals surface area contributed by atoms with E-state index in [1.54, 1.807) is 18.3 Å². The van der Waals surface area contributed by atoms with Gasteiger partial charge < -0.3 is 14.9 Å². The molecule has 0 spiro atoms. The van der Waals surface area contributed by atoms with Crippen molar-refractivity contribution in [3.63, 3.8) is 0 Å². The zero-order valence-electron chi connectivity index (χ0n) is 8.48. The van der Waals surface area contributed by atoms with Crippen LogP contribution in [0, 0.1) is 0 Å². The number of nitrogens with zero attached hydrogens (tertiary/aromatic N) is 1. The molecule has 0 radical (unpaired) electrons. The Morgan fingerprint density at radius 1 is 1.67 bits per heavy atom. The monoisotopic (exact) mass is 209 g/mol. The molecule has 5 nitrogen and oxygen atoms in total. The number of hydrogen-bond acceptors (Lipinski definition) is 5. The highest BCUT2D eigenvalue weighted by Crippen LogP contribution is 2.17. The number of ether oxygens (including phenoxy) is 2. The third kappa shape index (κ3) is 2.81. The maximum Gasteiger partial charge on any atom is 0.143 e. The highest BCUT2D eigenvalue weighted by atomic mass is 16.5. The van der Waals surface area contributed by atoms with Crippen LogP contribution in [0.1, 0.15) is 12.8 Å². The van der Waals surface area contributed by atoms with Crippen LogP contribution in [-0.2, 0) is 4.74 Å². The van der Waals surface area contributed by atoms with E-state index >= 15 is 0 Å². The Labute approximate surface area is 88.6 Å². The minimum absolute atomic E-state index is 0.229. The van der Waals surface area contributed by atoms with Crippen molar-refractivity contribution in [3.05, 3.63) is 18.3 Å². The minimum atomic E-state index is 0.229. The normalized spacial score (nSPS) is 20.2. The second-order valence-corrected chi connectivity index (χ2v) is 3.47. The zero-order chi connectivity index (χ0) is 10.5. The molecule has 1 fully saturated rings. The van der Waals surface area contributed by atoms with Crippen LogP contribution in [0.4, 0.5) is 5.82 Å². The van der Waals surface area contributed by atoms with E-state index in [-0.39, 0.29) is 6.10 Å². The summed E-state index contributed by atoms with van der Waals surface area (Å²) < 4.78 is 11.0. The van der Waals surface area contributed by atoms with E-state index in [1.165, 1.54) is 0 Å². The van der Waals surface area contributed by atoms with Crippen LogP contribution >= 0.6 is 0 Å². The molecule has 0 bridgehead atoms. The molecular weight excluding hydrogens is 194 g/mol. The van der Waals surface area contributed by atoms with E-state index in [2.05, 4.69) is 10.4 Å². The first-order valence-corrected chi connectivity index (χ1v) is 5.05. The van der Waals surface area contributed by atoms with Crippen molar-refractivity contribution < 1.29 is 9.47 Å². The van der Waals surface area contributed by atoms with E-state index < -0.39 is 0 Å². The topological polar surface area (TPSA) is 69.4 Å². The summed E-state index contributed by atoms with van der Waals surface area (Å²) in [6.45, 7) is 1.44. The van der Waals surface area contributed by atoms with Gasteiger partial charge in [0.2, 0.25) is 0 Å². The third-order valence-electron chi connectivity index (χ3n) is 2.34. The van der Waals surface area contributed by atoms with Crippen LogP contribution in [0.2, 0.25) is 0 Å². The summed E-state index contributed by atoms with van der Waals surface area (Å²) in [5.74, 6) is 6.60. The van der Waals surface area contributed by atoms with Crippen molar-refractivity contribution in [2.45, 2.75) is 18.9 Å². The Morgan fingerprint density at radius 3 is 3.33 bits per heavy atom. The fourth-order valence-corrected chi connectivity index (χ4v) is 1.54. The first-order chi connectivity index (χ1) is 7.38. The highest BCUT2D eigenvalue weighted by molar-refractivity contribution is 5.39. The maximum absolute atomic E-state index is 5.57. The molecule has 15 heavy (non-hydrogen) atoms. The quantitative estimate of drug-likeness (QED) is 0.570. The van der Waals surface area contributed by atoms with Gasteiger partial charge in [0.05, 0.1) is 6.10 Å². The summed E-state index contributed by atoms with van der Waals surface area (Å²) in [5, 5.41) is 0. The number of anilines is 1. The number of nitrogens with one attached hydrogen (secondary N) is 1. The van der Waals surface area contributed by atoms with Gasteiger partial charge in [0, 0.05) is 18.9 Å². The molecule has 2 heterocycles. The van der Waals surface area contributed by atoms with Gasteiger partial charge in [-0.15, -0.1) is 0 Å². The largest absolute Gasteiger partial charge is 0.491 e. The number of rotatable bonds is 4. The van der Waals surface area contributed by atoms with Gasteiger partial charge in [-0.25, -0.2) is 10.8 Å². The van der Waals surface area contributed by atoms with Gasteiger partial charge in [-0.05, 0) is 18.9 Å². The Bertz CT molecular complexity index is 313. The van der Waals surface area contributed by atoms with Gasteiger partial charge >= 0.3 is 0 Å². The Balaban J connectivity index is 1.86. The van der Waals surface area contributed by atoms with Crippen molar-refractivity contribution in [1.29, 1.82) is 0 Å². The van der Waals surface area contributed by atoms with Crippen molar-refractivity contribution in [2.75, 3.05) is 18.6 Å². The molecule has 1 unspecified atom stereocenters. The van der Waals surface area contributed by atoms with Gasteiger partial charge in [0.1, 0.15) is 18.2 Å². The van der Waals surface area contributed by atoms with Gasteiger partial charge in [-0.1, -0.05) is 0 Å². The SMILES string of the molecule is NNc1cc(OCC2CCCO2)ccn1. The summed E-state index contributed by atoms with van der Waals surface area (Å²) >= 11 is 0. The van der Waals surface area contributed by atoms with E-state index in [1.807, 2.05) is 0 Å². The Hall–Kier alpha value is -1.33. The lowest BCUT2D eigenvalue weighted by molar-refractivity contribution is 0.0679. The zero-order valence-corrected chi connectivity index (χ0v) is 8.48. The molecule has 1 aromatic rings. The van der Waals surface area contributed by atoms with E-state index in [0.717, 1.165) is 25.2 Å². The molecule has 0 saturated carbocycles. The average molecular weight is 209 g/mol. The first kappa shape index (κ1) is 10.2. The van der Waals surface area contributed by atoms with Gasteiger partial charge in [0.15, 0.2) is 0 Å². The number of nitrogen functional groups attached to an aromatic ring is 1. The smallest absolute Gasteiger partial charge is 0.143 e. The van der Waals surface area contributed by atoms with Crippen LogP contribution < -0.4 is 16.0 Å². The maximum atomic E-state index is 5.57. The number of aromatic nitrogens is 1. The molecule has 1 atom stereocenters. The molecule has 5 heteroatoms. The fraction of sp³-hybridized carbons (Fsp3) is 0.500. The standard InChI is InChI=1S/C10H15N3O2/c11-13-10-6-8(3-4-12-10)15-7-9-2-1-5-14-9/h3-4,6,9H,1-2,5,7,11H2,(H,12,13). The van der Waals surface area contributed by atoms with Crippen molar-refractivity contribution in [2.24, 2.45) is 5.84 Å². The molecule has 82 valence electrons. The summed E-state index contributed by atoms with van der Waals surface area (Å²) in [7, 11) is 0. The second kappa shape index (κ2) is 4.95. The predicted octanol–water partition coefficient (Wildman–Crippen LogP) is 0.925. The van der Waals surface area contributed by atoms with Crippen molar-refractivity contribution in [3.8, 4) is 5.75 Å². The van der Waals surface area contributed by atoms with Crippen LogP contribution in [0.3, 0.4) is 0 Å². The molecule has 1 aromatic heterocycles. The summed E-state index contributed by atoms with van der Waals surface area (Å²) in [4.78, 5) is 3.99. The molecule has 2 rings (SSSR count). The molecule has 0 aliphatic carbocycles. The summed E-state index contributed by atoms with van der Waals surface area (Å²) in [6.07, 6.45) is 4.08. The molecule has 1 aliphatic heterocycles.